The molecule has 0 spiro atoms. The van der Waals surface area contributed by atoms with Crippen molar-refractivity contribution in [3.63, 3.8) is 0 Å². The molecule has 2 bridgehead atoms. The standard InChI is InChI=1S/C35H46O9/c1-18-21(36)16-35(40)29(42-30(39)20-10-8-7-9-11-20)27-33(6,28-26(25(18)31(35,2)3)43-32(4,5)44-28)23(38)14-24-34(27,17-41-24)15-22(37)19-12-13-19/h7-11,19,21,23-24,26-29,36,38,40H,12-17H2,1-6H3/t21-,23-,24+,26+,27-,28+,29-,33+,34+,35+/m0/s1. The molecular weight excluding hydrogens is 564 g/mol. The summed E-state index contributed by atoms with van der Waals surface area (Å²) >= 11 is 0. The van der Waals surface area contributed by atoms with E-state index in [1.807, 2.05) is 47.6 Å². The molecule has 0 amide bonds. The quantitative estimate of drug-likeness (QED) is 0.337. The summed E-state index contributed by atoms with van der Waals surface area (Å²) in [6.07, 6.45) is -3.08. The predicted molar refractivity (Wildman–Crippen MR) is 158 cm³/mol. The third-order valence-corrected chi connectivity index (χ3v) is 12.4. The molecule has 5 fully saturated rings. The molecule has 1 aromatic rings. The van der Waals surface area contributed by atoms with Gasteiger partial charge in [-0.05, 0) is 56.9 Å². The molecule has 10 atom stereocenters. The fourth-order valence-corrected chi connectivity index (χ4v) is 9.72. The second-order valence-electron chi connectivity index (χ2n) is 15.6. The first-order valence-electron chi connectivity index (χ1n) is 16.1. The van der Waals surface area contributed by atoms with E-state index in [-0.39, 0.29) is 37.6 Å². The molecule has 3 N–H and O–H groups in total. The van der Waals surface area contributed by atoms with Gasteiger partial charge in [-0.25, -0.2) is 4.79 Å². The van der Waals surface area contributed by atoms with Gasteiger partial charge in [-0.2, -0.15) is 0 Å². The number of esters is 1. The summed E-state index contributed by atoms with van der Waals surface area (Å²) < 4.78 is 26.1. The summed E-state index contributed by atoms with van der Waals surface area (Å²) in [5, 5.41) is 36.9. The maximum absolute atomic E-state index is 14.0. The van der Waals surface area contributed by atoms with E-state index in [0.717, 1.165) is 12.8 Å². The van der Waals surface area contributed by atoms with Gasteiger partial charge in [-0.3, -0.25) is 4.79 Å². The Morgan fingerprint density at radius 1 is 1.02 bits per heavy atom. The van der Waals surface area contributed by atoms with Gasteiger partial charge in [-0.1, -0.05) is 39.0 Å². The number of carbonyl (C=O) groups is 2. The van der Waals surface area contributed by atoms with Crippen LogP contribution in [0.1, 0.15) is 84.0 Å². The Hall–Kier alpha value is -2.14. The van der Waals surface area contributed by atoms with E-state index >= 15 is 0 Å². The van der Waals surface area contributed by atoms with Crippen LogP contribution in [0.3, 0.4) is 0 Å². The van der Waals surface area contributed by atoms with Gasteiger partial charge < -0.3 is 34.3 Å². The van der Waals surface area contributed by atoms with Gasteiger partial charge >= 0.3 is 5.97 Å². The van der Waals surface area contributed by atoms with Gasteiger partial charge in [0.2, 0.25) is 0 Å². The summed E-state index contributed by atoms with van der Waals surface area (Å²) in [5.41, 5.74) is -3.14. The highest BCUT2D eigenvalue weighted by Crippen LogP contribution is 2.69. The number of ether oxygens (including phenoxy) is 4. The number of hydrogen-bond donors (Lipinski definition) is 3. The molecule has 240 valence electrons. The zero-order valence-electron chi connectivity index (χ0n) is 26.5. The maximum Gasteiger partial charge on any atom is 0.338 e. The molecule has 2 saturated heterocycles. The molecule has 1 aromatic carbocycles. The van der Waals surface area contributed by atoms with E-state index in [1.54, 1.807) is 24.3 Å². The molecule has 2 heterocycles. The highest BCUT2D eigenvalue weighted by atomic mass is 16.8. The monoisotopic (exact) mass is 610 g/mol. The molecule has 6 aliphatic rings. The number of fused-ring (bicyclic) bond motifs is 8. The Morgan fingerprint density at radius 2 is 1.70 bits per heavy atom. The molecule has 9 heteroatoms. The van der Waals surface area contributed by atoms with Gasteiger partial charge in [0.05, 0.1) is 36.6 Å². The number of aliphatic hydroxyl groups excluding tert-OH is 2. The smallest absolute Gasteiger partial charge is 0.338 e. The number of rotatable bonds is 5. The van der Waals surface area contributed by atoms with E-state index in [0.29, 0.717) is 16.7 Å². The van der Waals surface area contributed by atoms with E-state index < -0.39 is 76.1 Å². The Morgan fingerprint density at radius 3 is 2.32 bits per heavy atom. The van der Waals surface area contributed by atoms with Crippen LogP contribution in [0.2, 0.25) is 0 Å². The Kier molecular flexibility index (Phi) is 6.72. The van der Waals surface area contributed by atoms with Crippen molar-refractivity contribution in [2.75, 3.05) is 6.61 Å². The van der Waals surface area contributed by atoms with Crippen LogP contribution in [-0.2, 0) is 23.7 Å². The lowest BCUT2D eigenvalue weighted by molar-refractivity contribution is -0.340. The number of carbonyl (C=O) groups excluding carboxylic acids is 2. The summed E-state index contributed by atoms with van der Waals surface area (Å²) in [6.45, 7) is 11.5. The largest absolute Gasteiger partial charge is 0.455 e. The zero-order chi connectivity index (χ0) is 31.6. The van der Waals surface area contributed by atoms with Crippen LogP contribution in [-0.4, -0.2) is 81.7 Å². The molecule has 0 unspecified atom stereocenters. The van der Waals surface area contributed by atoms with Crippen molar-refractivity contribution in [3.8, 4) is 0 Å². The van der Waals surface area contributed by atoms with E-state index in [2.05, 4.69) is 0 Å². The summed E-state index contributed by atoms with van der Waals surface area (Å²) in [4.78, 5) is 27.7. The average molecular weight is 611 g/mol. The minimum absolute atomic E-state index is 0.00596. The van der Waals surface area contributed by atoms with Gasteiger partial charge in [-0.15, -0.1) is 0 Å². The van der Waals surface area contributed by atoms with Crippen molar-refractivity contribution in [3.05, 3.63) is 47.0 Å². The lowest BCUT2D eigenvalue weighted by Gasteiger charge is -2.70. The van der Waals surface area contributed by atoms with E-state index in [1.165, 1.54) is 0 Å². The van der Waals surface area contributed by atoms with Crippen LogP contribution in [0.15, 0.2) is 41.5 Å². The van der Waals surface area contributed by atoms with Crippen LogP contribution >= 0.6 is 0 Å². The summed E-state index contributed by atoms with van der Waals surface area (Å²) in [7, 11) is 0. The minimum Gasteiger partial charge on any atom is -0.455 e. The van der Waals surface area contributed by atoms with Gasteiger partial charge in [0.25, 0.3) is 0 Å². The molecule has 7 rings (SSSR count). The first-order valence-corrected chi connectivity index (χ1v) is 16.1. The first-order chi connectivity index (χ1) is 20.6. The third kappa shape index (κ3) is 4.05. The lowest BCUT2D eigenvalue weighted by atomic mass is 9.41. The Labute approximate surface area is 258 Å². The average Bonchev–Trinajstić information content (AvgIpc) is 3.75. The van der Waals surface area contributed by atoms with Crippen LogP contribution in [0.25, 0.3) is 0 Å². The van der Waals surface area contributed by atoms with Crippen molar-refractivity contribution in [2.24, 2.45) is 28.1 Å². The summed E-state index contributed by atoms with van der Waals surface area (Å²) in [5.74, 6) is -2.30. The number of aliphatic hydroxyl groups is 3. The minimum atomic E-state index is -1.80. The van der Waals surface area contributed by atoms with Crippen LogP contribution in [0.4, 0.5) is 0 Å². The van der Waals surface area contributed by atoms with Crippen molar-refractivity contribution < 1.29 is 43.9 Å². The molecule has 44 heavy (non-hydrogen) atoms. The zero-order valence-corrected chi connectivity index (χ0v) is 26.5. The molecule has 0 aromatic heterocycles. The van der Waals surface area contributed by atoms with E-state index in [9.17, 15) is 24.9 Å². The molecular formula is C35H46O9. The van der Waals surface area contributed by atoms with Crippen molar-refractivity contribution in [2.45, 2.75) is 122 Å². The number of ketones is 1. The normalized spacial score (nSPS) is 45.2. The van der Waals surface area contributed by atoms with Crippen LogP contribution in [0, 0.1) is 28.1 Å². The second-order valence-corrected chi connectivity index (χ2v) is 15.6. The first kappa shape index (κ1) is 30.5. The van der Waals surface area contributed by atoms with Crippen LogP contribution < -0.4 is 0 Å². The number of benzene rings is 1. The predicted octanol–water partition coefficient (Wildman–Crippen LogP) is 3.73. The molecule has 3 saturated carbocycles. The number of hydrogen-bond acceptors (Lipinski definition) is 9. The van der Waals surface area contributed by atoms with Crippen molar-refractivity contribution in [1.29, 1.82) is 0 Å². The topological polar surface area (TPSA) is 132 Å². The van der Waals surface area contributed by atoms with Crippen LogP contribution in [0.5, 0.6) is 0 Å². The fraction of sp³-hybridized carbons (Fsp3) is 0.714. The lowest BCUT2D eigenvalue weighted by Crippen LogP contribution is -2.79. The summed E-state index contributed by atoms with van der Waals surface area (Å²) in [6, 6.07) is 8.63. The fourth-order valence-electron chi connectivity index (χ4n) is 9.72. The molecule has 9 nitrogen and oxygen atoms in total. The van der Waals surface area contributed by atoms with Gasteiger partial charge in [0, 0.05) is 47.3 Å². The third-order valence-electron chi connectivity index (χ3n) is 12.4. The van der Waals surface area contributed by atoms with E-state index in [4.69, 9.17) is 18.9 Å². The molecule has 2 aliphatic heterocycles. The molecule has 4 aliphatic carbocycles. The van der Waals surface area contributed by atoms with Crippen molar-refractivity contribution in [1.82, 2.24) is 0 Å². The highest BCUT2D eigenvalue weighted by Gasteiger charge is 2.78. The molecule has 0 radical (unpaired) electrons. The Bertz CT molecular complexity index is 1400. The van der Waals surface area contributed by atoms with Gasteiger partial charge in [0.15, 0.2) is 5.79 Å². The second kappa shape index (κ2) is 9.69. The van der Waals surface area contributed by atoms with Gasteiger partial charge in [0.1, 0.15) is 23.6 Å². The maximum atomic E-state index is 14.0. The number of Topliss-reactive ketones (excluding diaryl/α,β-unsaturated/α-hetero) is 1. The SMILES string of the molecule is CC1=C2[C@H]3OC(C)(C)O[C@H]3[C@@]3(C)[C@H]([C@H](OC(=O)c4ccccc4)[C@](O)(C[C@@H]1O)C2(C)C)[C@]1(CC(=O)C2CC2)CO[C@@H]1C[C@@H]3O. The Balaban J connectivity index is 1.50. The highest BCUT2D eigenvalue weighted by molar-refractivity contribution is 5.89. The van der Waals surface area contributed by atoms with Crippen molar-refractivity contribution >= 4 is 11.8 Å².